The molecule has 1 aliphatic heterocycles. The summed E-state index contributed by atoms with van der Waals surface area (Å²) in [5.41, 5.74) is 7.20. The van der Waals surface area contributed by atoms with Gasteiger partial charge in [-0.2, -0.15) is 0 Å². The summed E-state index contributed by atoms with van der Waals surface area (Å²) in [5, 5.41) is 0.750. The number of benzene rings is 1. The van der Waals surface area contributed by atoms with Gasteiger partial charge >= 0.3 is 0 Å². The number of rotatable bonds is 3. The number of hydrogen-bond acceptors (Lipinski definition) is 3. The molecule has 2 rings (SSSR count). The molecule has 1 unspecified atom stereocenters. The Morgan fingerprint density at radius 2 is 2.00 bits per heavy atom. The van der Waals surface area contributed by atoms with Gasteiger partial charge in [-0.1, -0.05) is 33.6 Å². The maximum absolute atomic E-state index is 5.99. The second kappa shape index (κ2) is 6.35. The SMILES string of the molecule is CN1CCN(C(CN)c2ccc(Cl)cc2Br)CC1. The van der Waals surface area contributed by atoms with Crippen molar-refractivity contribution in [3.8, 4) is 0 Å². The molecule has 100 valence electrons. The molecule has 2 N–H and O–H groups in total. The van der Waals surface area contributed by atoms with Crippen LogP contribution in [-0.2, 0) is 0 Å². The van der Waals surface area contributed by atoms with Crippen LogP contribution in [0.2, 0.25) is 5.02 Å². The van der Waals surface area contributed by atoms with Crippen molar-refractivity contribution in [2.45, 2.75) is 6.04 Å². The van der Waals surface area contributed by atoms with Crippen LogP contribution >= 0.6 is 27.5 Å². The third-order valence-electron chi connectivity index (χ3n) is 3.52. The quantitative estimate of drug-likeness (QED) is 0.922. The molecule has 0 spiro atoms. The zero-order valence-electron chi connectivity index (χ0n) is 10.6. The number of halogens is 2. The van der Waals surface area contributed by atoms with Crippen LogP contribution in [0.5, 0.6) is 0 Å². The van der Waals surface area contributed by atoms with Crippen molar-refractivity contribution < 1.29 is 0 Å². The first kappa shape index (κ1) is 14.3. The Morgan fingerprint density at radius 1 is 1.33 bits per heavy atom. The van der Waals surface area contributed by atoms with Gasteiger partial charge in [0.15, 0.2) is 0 Å². The molecule has 0 aromatic heterocycles. The molecule has 0 amide bonds. The van der Waals surface area contributed by atoms with E-state index in [1.807, 2.05) is 12.1 Å². The molecular formula is C13H19BrClN3. The first-order chi connectivity index (χ1) is 8.61. The highest BCUT2D eigenvalue weighted by atomic mass is 79.9. The molecule has 0 bridgehead atoms. The lowest BCUT2D eigenvalue weighted by Gasteiger charge is -2.38. The second-order valence-electron chi connectivity index (χ2n) is 4.76. The van der Waals surface area contributed by atoms with E-state index < -0.39 is 0 Å². The second-order valence-corrected chi connectivity index (χ2v) is 6.05. The van der Waals surface area contributed by atoms with Crippen LogP contribution in [0, 0.1) is 0 Å². The Kier molecular flexibility index (Phi) is 5.04. The van der Waals surface area contributed by atoms with Crippen molar-refractivity contribution in [1.82, 2.24) is 9.80 Å². The van der Waals surface area contributed by atoms with Crippen LogP contribution in [0.15, 0.2) is 22.7 Å². The van der Waals surface area contributed by atoms with Gasteiger partial charge in [0.25, 0.3) is 0 Å². The predicted molar refractivity (Wildman–Crippen MR) is 80.0 cm³/mol. The standard InChI is InChI=1S/C13H19BrClN3/c1-17-4-6-18(7-5-17)13(9-16)11-3-2-10(15)8-12(11)14/h2-3,8,13H,4-7,9,16H2,1H3. The fourth-order valence-corrected chi connectivity index (χ4v) is 3.33. The minimum absolute atomic E-state index is 0.269. The molecule has 1 heterocycles. The van der Waals surface area contributed by atoms with Crippen molar-refractivity contribution >= 4 is 27.5 Å². The van der Waals surface area contributed by atoms with Gasteiger partial charge in [0.2, 0.25) is 0 Å². The van der Waals surface area contributed by atoms with E-state index in [4.69, 9.17) is 17.3 Å². The molecule has 1 fully saturated rings. The highest BCUT2D eigenvalue weighted by Gasteiger charge is 2.24. The molecule has 5 heteroatoms. The Bertz CT molecular complexity index is 405. The van der Waals surface area contributed by atoms with E-state index in [9.17, 15) is 0 Å². The van der Waals surface area contributed by atoms with Crippen molar-refractivity contribution in [3.63, 3.8) is 0 Å². The molecular weight excluding hydrogens is 314 g/mol. The highest BCUT2D eigenvalue weighted by Crippen LogP contribution is 2.30. The minimum atomic E-state index is 0.269. The predicted octanol–water partition coefficient (Wildman–Crippen LogP) is 2.35. The first-order valence-corrected chi connectivity index (χ1v) is 7.36. The van der Waals surface area contributed by atoms with Crippen LogP contribution in [0.25, 0.3) is 0 Å². The summed E-state index contributed by atoms with van der Waals surface area (Å²) in [7, 11) is 2.16. The third-order valence-corrected chi connectivity index (χ3v) is 4.45. The van der Waals surface area contributed by atoms with Gasteiger partial charge in [-0.3, -0.25) is 4.90 Å². The smallest absolute Gasteiger partial charge is 0.0482 e. The van der Waals surface area contributed by atoms with Crippen LogP contribution in [0.4, 0.5) is 0 Å². The van der Waals surface area contributed by atoms with Crippen molar-refractivity contribution in [1.29, 1.82) is 0 Å². The van der Waals surface area contributed by atoms with E-state index in [-0.39, 0.29) is 6.04 Å². The maximum Gasteiger partial charge on any atom is 0.0482 e. The van der Waals surface area contributed by atoms with Crippen LogP contribution in [0.1, 0.15) is 11.6 Å². The average molecular weight is 333 g/mol. The molecule has 1 aromatic carbocycles. The fraction of sp³-hybridized carbons (Fsp3) is 0.538. The summed E-state index contributed by atoms with van der Waals surface area (Å²) in [4.78, 5) is 4.80. The molecule has 0 aliphatic carbocycles. The summed E-state index contributed by atoms with van der Waals surface area (Å²) < 4.78 is 1.05. The Labute approximate surface area is 122 Å². The summed E-state index contributed by atoms with van der Waals surface area (Å²) in [6.45, 7) is 4.95. The van der Waals surface area contributed by atoms with Gasteiger partial charge in [0.1, 0.15) is 0 Å². The molecule has 0 saturated carbocycles. The molecule has 1 aliphatic rings. The molecule has 1 aromatic rings. The zero-order valence-corrected chi connectivity index (χ0v) is 12.9. The van der Waals surface area contributed by atoms with Gasteiger partial charge in [0.05, 0.1) is 0 Å². The summed E-state index contributed by atoms with van der Waals surface area (Å²) in [5.74, 6) is 0. The van der Waals surface area contributed by atoms with Gasteiger partial charge in [0, 0.05) is 48.3 Å². The van der Waals surface area contributed by atoms with Crippen molar-refractivity contribution in [2.24, 2.45) is 5.73 Å². The zero-order chi connectivity index (χ0) is 13.1. The maximum atomic E-state index is 5.99. The Balaban J connectivity index is 2.17. The molecule has 0 radical (unpaired) electrons. The van der Waals surface area contributed by atoms with Crippen molar-refractivity contribution in [2.75, 3.05) is 39.8 Å². The number of nitrogens with zero attached hydrogens (tertiary/aromatic N) is 2. The van der Waals surface area contributed by atoms with Crippen LogP contribution < -0.4 is 5.73 Å². The van der Waals surface area contributed by atoms with Crippen LogP contribution in [0.3, 0.4) is 0 Å². The lowest BCUT2D eigenvalue weighted by molar-refractivity contribution is 0.114. The van der Waals surface area contributed by atoms with Crippen LogP contribution in [-0.4, -0.2) is 49.6 Å². The van der Waals surface area contributed by atoms with E-state index in [1.165, 1.54) is 5.56 Å². The topological polar surface area (TPSA) is 32.5 Å². The summed E-state index contributed by atoms with van der Waals surface area (Å²) >= 11 is 9.58. The number of likely N-dealkylation sites (N-methyl/N-ethyl adjacent to an activating group) is 1. The Morgan fingerprint density at radius 3 is 2.56 bits per heavy atom. The lowest BCUT2D eigenvalue weighted by atomic mass is 10.0. The largest absolute Gasteiger partial charge is 0.329 e. The Hall–Kier alpha value is -0.130. The number of piperazine rings is 1. The van der Waals surface area contributed by atoms with E-state index in [2.05, 4.69) is 38.8 Å². The minimum Gasteiger partial charge on any atom is -0.329 e. The summed E-state index contributed by atoms with van der Waals surface area (Å²) in [6, 6.07) is 6.21. The average Bonchev–Trinajstić information content (AvgIpc) is 2.35. The van der Waals surface area contributed by atoms with Crippen molar-refractivity contribution in [3.05, 3.63) is 33.3 Å². The monoisotopic (exact) mass is 331 g/mol. The lowest BCUT2D eigenvalue weighted by Crippen LogP contribution is -2.47. The molecule has 1 saturated heterocycles. The molecule has 18 heavy (non-hydrogen) atoms. The molecule has 1 atom stereocenters. The van der Waals surface area contributed by atoms with E-state index in [1.54, 1.807) is 0 Å². The number of hydrogen-bond donors (Lipinski definition) is 1. The first-order valence-electron chi connectivity index (χ1n) is 6.19. The third kappa shape index (κ3) is 3.25. The normalized spacial score (nSPS) is 20.0. The van der Waals surface area contributed by atoms with Gasteiger partial charge < -0.3 is 10.6 Å². The van der Waals surface area contributed by atoms with E-state index >= 15 is 0 Å². The highest BCUT2D eigenvalue weighted by molar-refractivity contribution is 9.10. The van der Waals surface area contributed by atoms with Gasteiger partial charge in [-0.15, -0.1) is 0 Å². The molecule has 3 nitrogen and oxygen atoms in total. The summed E-state index contributed by atoms with van der Waals surface area (Å²) in [6.07, 6.45) is 0. The van der Waals surface area contributed by atoms with Gasteiger partial charge in [-0.05, 0) is 24.7 Å². The van der Waals surface area contributed by atoms with E-state index in [0.29, 0.717) is 6.54 Å². The van der Waals surface area contributed by atoms with Gasteiger partial charge in [-0.25, -0.2) is 0 Å². The van der Waals surface area contributed by atoms with E-state index in [0.717, 1.165) is 35.7 Å². The fourth-order valence-electron chi connectivity index (χ4n) is 2.38. The number of nitrogens with two attached hydrogens (primary N) is 1.